The van der Waals surface area contributed by atoms with E-state index < -0.39 is 18.0 Å². The summed E-state index contributed by atoms with van der Waals surface area (Å²) in [6.45, 7) is 6.17. The average Bonchev–Trinajstić information content (AvgIpc) is 3.02. The zero-order valence-corrected chi connectivity index (χ0v) is 19.5. The van der Waals surface area contributed by atoms with Crippen LogP contribution in [0.15, 0.2) is 18.2 Å². The molecule has 186 valence electrons. The van der Waals surface area contributed by atoms with E-state index >= 15 is 4.39 Å². The van der Waals surface area contributed by atoms with Crippen molar-refractivity contribution < 1.29 is 28.3 Å². The summed E-state index contributed by atoms with van der Waals surface area (Å²) in [6.07, 6.45) is -1.07. The molecule has 11 nitrogen and oxygen atoms in total. The van der Waals surface area contributed by atoms with Gasteiger partial charge in [0.2, 0.25) is 5.91 Å². The summed E-state index contributed by atoms with van der Waals surface area (Å²) >= 11 is 0. The highest BCUT2D eigenvalue weighted by molar-refractivity contribution is 5.90. The number of nitrogens with one attached hydrogen (secondary N) is 1. The number of piperazine rings is 1. The van der Waals surface area contributed by atoms with Crippen LogP contribution in [0.2, 0.25) is 0 Å². The van der Waals surface area contributed by atoms with Crippen LogP contribution in [0.25, 0.3) is 0 Å². The molecule has 1 aromatic rings. The molecule has 4 rings (SSSR count). The van der Waals surface area contributed by atoms with Gasteiger partial charge in [0.25, 0.3) is 0 Å². The number of carbonyl (C=O) groups is 3. The molecule has 0 aromatic heterocycles. The Morgan fingerprint density at radius 2 is 1.88 bits per heavy atom. The predicted octanol–water partition coefficient (Wildman–Crippen LogP) is 0.708. The van der Waals surface area contributed by atoms with E-state index in [-0.39, 0.29) is 31.6 Å². The van der Waals surface area contributed by atoms with Gasteiger partial charge in [-0.25, -0.2) is 19.0 Å². The summed E-state index contributed by atoms with van der Waals surface area (Å²) in [7, 11) is 2.03. The maximum atomic E-state index is 15.1. The largest absolute Gasteiger partial charge is 0.442 e. The summed E-state index contributed by atoms with van der Waals surface area (Å²) in [5, 5.41) is 3.98. The van der Waals surface area contributed by atoms with E-state index in [0.717, 1.165) is 13.1 Å². The lowest BCUT2D eigenvalue weighted by Crippen LogP contribution is -2.52. The number of urea groups is 1. The van der Waals surface area contributed by atoms with Crippen molar-refractivity contribution in [2.75, 3.05) is 82.4 Å². The van der Waals surface area contributed by atoms with Gasteiger partial charge in [0, 0.05) is 46.2 Å². The lowest BCUT2D eigenvalue weighted by atomic mass is 10.2. The van der Waals surface area contributed by atoms with E-state index in [9.17, 15) is 14.4 Å². The van der Waals surface area contributed by atoms with E-state index in [4.69, 9.17) is 9.57 Å². The first kappa shape index (κ1) is 24.0. The minimum Gasteiger partial charge on any atom is -0.442 e. The highest BCUT2D eigenvalue weighted by Gasteiger charge is 2.33. The highest BCUT2D eigenvalue weighted by Crippen LogP contribution is 2.28. The van der Waals surface area contributed by atoms with E-state index in [0.29, 0.717) is 44.1 Å². The fourth-order valence-electron chi connectivity index (χ4n) is 4.21. The summed E-state index contributed by atoms with van der Waals surface area (Å²) in [5.41, 5.74) is 0.762. The fraction of sp³-hybridized carbons (Fsp3) is 0.591. The van der Waals surface area contributed by atoms with Gasteiger partial charge in [-0.3, -0.25) is 14.5 Å². The molecular formula is C22H31FN6O5. The number of benzene rings is 1. The molecule has 0 saturated carbocycles. The quantitative estimate of drug-likeness (QED) is 0.681. The second-order valence-electron chi connectivity index (χ2n) is 8.68. The monoisotopic (exact) mass is 478 g/mol. The topological polar surface area (TPSA) is 97.9 Å². The standard InChI is InChI=1S/C22H31FN6O5/c1-16(30)24-14-18-15-28(22(32)34-18)17-3-4-20(19(23)13-17)26-9-10-29(33-12-11-26)21(31)27-7-5-25(2)6-8-27/h3-4,13,18H,5-12,14-15H2,1-2H3,(H,24,30)/t18-/m0/s1. The number of carbonyl (C=O) groups excluding carboxylic acids is 3. The van der Waals surface area contributed by atoms with Crippen molar-refractivity contribution in [2.24, 2.45) is 0 Å². The van der Waals surface area contributed by atoms with Crippen LogP contribution >= 0.6 is 0 Å². The van der Waals surface area contributed by atoms with Gasteiger partial charge in [-0.05, 0) is 25.2 Å². The van der Waals surface area contributed by atoms with Crippen LogP contribution in [0, 0.1) is 5.82 Å². The third-order valence-corrected chi connectivity index (χ3v) is 6.20. The second kappa shape index (κ2) is 10.4. The molecule has 1 N–H and O–H groups in total. The fourth-order valence-corrected chi connectivity index (χ4v) is 4.21. The van der Waals surface area contributed by atoms with Gasteiger partial charge in [-0.15, -0.1) is 0 Å². The van der Waals surface area contributed by atoms with Crippen molar-refractivity contribution in [2.45, 2.75) is 13.0 Å². The normalized spacial score (nSPS) is 22.0. The van der Waals surface area contributed by atoms with Crippen molar-refractivity contribution in [1.29, 1.82) is 0 Å². The number of amides is 4. The van der Waals surface area contributed by atoms with Crippen molar-refractivity contribution >= 4 is 29.4 Å². The Kier molecular flexibility index (Phi) is 7.37. The number of anilines is 2. The third kappa shape index (κ3) is 5.50. The first-order valence-corrected chi connectivity index (χ1v) is 11.5. The van der Waals surface area contributed by atoms with E-state index in [1.54, 1.807) is 17.0 Å². The average molecular weight is 479 g/mol. The molecule has 34 heavy (non-hydrogen) atoms. The molecule has 1 atom stereocenters. The van der Waals surface area contributed by atoms with Crippen LogP contribution in [0.4, 0.5) is 25.4 Å². The summed E-state index contributed by atoms with van der Waals surface area (Å²) in [5.74, 6) is -0.690. The zero-order valence-electron chi connectivity index (χ0n) is 19.5. The molecule has 3 aliphatic heterocycles. The number of rotatable bonds is 4. The summed E-state index contributed by atoms with van der Waals surface area (Å²) in [4.78, 5) is 48.9. The van der Waals surface area contributed by atoms with Gasteiger partial charge < -0.3 is 24.8 Å². The zero-order chi connectivity index (χ0) is 24.2. The molecule has 3 saturated heterocycles. The lowest BCUT2D eigenvalue weighted by molar-refractivity contribution is -0.119. The maximum Gasteiger partial charge on any atom is 0.414 e. The Morgan fingerprint density at radius 3 is 2.59 bits per heavy atom. The molecule has 0 radical (unpaired) electrons. The molecule has 0 aliphatic carbocycles. The molecule has 0 bridgehead atoms. The number of halogens is 1. The van der Waals surface area contributed by atoms with Crippen LogP contribution < -0.4 is 15.1 Å². The van der Waals surface area contributed by atoms with Crippen LogP contribution in [0.1, 0.15) is 6.92 Å². The van der Waals surface area contributed by atoms with Gasteiger partial charge in [0.1, 0.15) is 11.9 Å². The number of hydrogen-bond acceptors (Lipinski definition) is 7. The van der Waals surface area contributed by atoms with E-state index in [1.807, 2.05) is 11.9 Å². The van der Waals surface area contributed by atoms with E-state index in [2.05, 4.69) is 10.2 Å². The number of ether oxygens (including phenoxy) is 1. The minimum absolute atomic E-state index is 0.160. The summed E-state index contributed by atoms with van der Waals surface area (Å²) in [6, 6.07) is 4.43. The van der Waals surface area contributed by atoms with Gasteiger partial charge in [-0.2, -0.15) is 0 Å². The maximum absolute atomic E-state index is 15.1. The minimum atomic E-state index is -0.580. The lowest BCUT2D eigenvalue weighted by Gasteiger charge is -2.35. The van der Waals surface area contributed by atoms with Crippen LogP contribution in [-0.4, -0.2) is 112 Å². The SMILES string of the molecule is CC(=O)NC[C@H]1CN(c2ccc(N3CCON(C(=O)N4CCN(C)CC4)CC3)c(F)c2)C(=O)O1. The molecule has 1 aromatic carbocycles. The van der Waals surface area contributed by atoms with Crippen LogP contribution in [-0.2, 0) is 14.4 Å². The van der Waals surface area contributed by atoms with Gasteiger partial charge >= 0.3 is 12.1 Å². The van der Waals surface area contributed by atoms with Crippen LogP contribution in [0.3, 0.4) is 0 Å². The number of nitrogens with zero attached hydrogens (tertiary/aromatic N) is 5. The van der Waals surface area contributed by atoms with Crippen LogP contribution in [0.5, 0.6) is 0 Å². The Morgan fingerprint density at radius 1 is 1.12 bits per heavy atom. The molecule has 3 fully saturated rings. The van der Waals surface area contributed by atoms with E-state index in [1.165, 1.54) is 23.0 Å². The Hall–Kier alpha value is -3.12. The molecule has 0 spiro atoms. The van der Waals surface area contributed by atoms with Gasteiger partial charge in [0.05, 0.1) is 37.6 Å². The number of hydroxylamine groups is 2. The molecule has 3 heterocycles. The van der Waals surface area contributed by atoms with Crippen molar-refractivity contribution in [1.82, 2.24) is 20.2 Å². The van der Waals surface area contributed by atoms with Crippen molar-refractivity contribution in [3.8, 4) is 0 Å². The van der Waals surface area contributed by atoms with Crippen molar-refractivity contribution in [3.63, 3.8) is 0 Å². The Balaban J connectivity index is 1.36. The molecular weight excluding hydrogens is 447 g/mol. The molecule has 0 unspecified atom stereocenters. The first-order valence-electron chi connectivity index (χ1n) is 11.5. The number of likely N-dealkylation sites (N-methyl/N-ethyl adjacent to an activating group) is 1. The smallest absolute Gasteiger partial charge is 0.414 e. The molecule has 3 aliphatic rings. The third-order valence-electron chi connectivity index (χ3n) is 6.20. The number of cyclic esters (lactones) is 1. The molecule has 4 amide bonds. The Labute approximate surface area is 197 Å². The van der Waals surface area contributed by atoms with Gasteiger partial charge in [-0.1, -0.05) is 0 Å². The highest BCUT2D eigenvalue weighted by atomic mass is 19.1. The first-order chi connectivity index (χ1) is 16.3. The number of hydrogen-bond donors (Lipinski definition) is 1. The van der Waals surface area contributed by atoms with Gasteiger partial charge in [0.15, 0.2) is 0 Å². The Bertz CT molecular complexity index is 925. The second-order valence-corrected chi connectivity index (χ2v) is 8.68. The predicted molar refractivity (Wildman–Crippen MR) is 122 cm³/mol. The summed E-state index contributed by atoms with van der Waals surface area (Å²) < 4.78 is 20.3. The molecule has 12 heteroatoms. The van der Waals surface area contributed by atoms with Crippen molar-refractivity contribution in [3.05, 3.63) is 24.0 Å².